The zero-order valence-corrected chi connectivity index (χ0v) is 10.7. The SMILES string of the molecule is NCCc1cccnc1Sc1ncccc1Cl. The molecule has 5 heteroatoms. The minimum absolute atomic E-state index is 0.606. The number of rotatable bonds is 4. The van der Waals surface area contributed by atoms with Crippen LogP contribution in [0.4, 0.5) is 0 Å². The maximum absolute atomic E-state index is 6.07. The van der Waals surface area contributed by atoms with Gasteiger partial charge in [0.05, 0.1) is 5.02 Å². The Labute approximate surface area is 109 Å². The van der Waals surface area contributed by atoms with E-state index >= 15 is 0 Å². The highest BCUT2D eigenvalue weighted by Crippen LogP contribution is 2.31. The first-order valence-corrected chi connectivity index (χ1v) is 6.43. The third-order valence-corrected chi connectivity index (χ3v) is 3.68. The average molecular weight is 266 g/mol. The molecule has 2 N–H and O–H groups in total. The standard InChI is InChI=1S/C12H12ClN3S/c13-10-4-2-8-16-12(10)17-11-9(5-6-14)3-1-7-15-11/h1-4,7-8H,5-6,14H2. The topological polar surface area (TPSA) is 51.8 Å². The molecule has 0 saturated carbocycles. The van der Waals surface area contributed by atoms with E-state index < -0.39 is 0 Å². The Morgan fingerprint density at radius 1 is 1.12 bits per heavy atom. The monoisotopic (exact) mass is 265 g/mol. The Bertz CT molecular complexity index is 505. The summed E-state index contributed by atoms with van der Waals surface area (Å²) in [4.78, 5) is 8.58. The smallest absolute Gasteiger partial charge is 0.121 e. The van der Waals surface area contributed by atoms with E-state index in [1.165, 1.54) is 11.8 Å². The summed E-state index contributed by atoms with van der Waals surface area (Å²) >= 11 is 7.54. The number of nitrogens with zero attached hydrogens (tertiary/aromatic N) is 2. The molecule has 0 unspecified atom stereocenters. The molecule has 0 aliphatic rings. The minimum atomic E-state index is 0.606. The number of aromatic nitrogens is 2. The lowest BCUT2D eigenvalue weighted by Crippen LogP contribution is -2.04. The maximum atomic E-state index is 6.07. The Morgan fingerprint density at radius 2 is 1.82 bits per heavy atom. The molecule has 2 heterocycles. The van der Waals surface area contributed by atoms with Crippen LogP contribution in [-0.2, 0) is 6.42 Å². The van der Waals surface area contributed by atoms with Crippen molar-refractivity contribution in [3.05, 3.63) is 47.2 Å². The number of hydrogen-bond acceptors (Lipinski definition) is 4. The Balaban J connectivity index is 2.27. The van der Waals surface area contributed by atoms with E-state index in [-0.39, 0.29) is 0 Å². The van der Waals surface area contributed by atoms with Crippen molar-refractivity contribution in [1.29, 1.82) is 0 Å². The van der Waals surface area contributed by atoms with Crippen LogP contribution in [0.5, 0.6) is 0 Å². The van der Waals surface area contributed by atoms with Crippen LogP contribution < -0.4 is 5.73 Å². The average Bonchev–Trinajstić information content (AvgIpc) is 2.35. The van der Waals surface area contributed by atoms with Crippen LogP contribution in [0.15, 0.2) is 46.7 Å². The molecule has 17 heavy (non-hydrogen) atoms. The quantitative estimate of drug-likeness (QED) is 0.924. The van der Waals surface area contributed by atoms with Gasteiger partial charge in [-0.05, 0) is 48.5 Å². The molecule has 2 aromatic rings. The molecule has 0 aliphatic heterocycles. The summed E-state index contributed by atoms with van der Waals surface area (Å²) in [5, 5.41) is 2.33. The Kier molecular flexibility index (Phi) is 4.36. The molecular formula is C12H12ClN3S. The molecule has 0 bridgehead atoms. The molecule has 0 aliphatic carbocycles. The fourth-order valence-electron chi connectivity index (χ4n) is 1.40. The van der Waals surface area contributed by atoms with Crippen molar-refractivity contribution in [2.75, 3.05) is 6.54 Å². The predicted octanol–water partition coefficient (Wildman–Crippen LogP) is 2.78. The van der Waals surface area contributed by atoms with Crippen molar-refractivity contribution >= 4 is 23.4 Å². The Hall–Kier alpha value is -1.10. The van der Waals surface area contributed by atoms with Crippen molar-refractivity contribution in [3.63, 3.8) is 0 Å². The summed E-state index contributed by atoms with van der Waals surface area (Å²) in [6.07, 6.45) is 4.29. The molecule has 0 fully saturated rings. The van der Waals surface area contributed by atoms with Crippen LogP contribution in [0.3, 0.4) is 0 Å². The van der Waals surface area contributed by atoms with Crippen LogP contribution >= 0.6 is 23.4 Å². The third-order valence-electron chi connectivity index (χ3n) is 2.18. The van der Waals surface area contributed by atoms with Crippen molar-refractivity contribution in [1.82, 2.24) is 9.97 Å². The molecule has 0 radical (unpaired) electrons. The van der Waals surface area contributed by atoms with Crippen molar-refractivity contribution in [3.8, 4) is 0 Å². The Morgan fingerprint density at radius 3 is 2.53 bits per heavy atom. The first kappa shape index (κ1) is 12.4. The zero-order chi connectivity index (χ0) is 12.1. The number of pyridine rings is 2. The van der Waals surface area contributed by atoms with E-state index in [0.29, 0.717) is 11.6 Å². The first-order chi connectivity index (χ1) is 8.31. The molecular weight excluding hydrogens is 254 g/mol. The number of nitrogens with two attached hydrogens (primary N) is 1. The lowest BCUT2D eigenvalue weighted by atomic mass is 10.2. The third kappa shape index (κ3) is 3.19. The fraction of sp³-hybridized carbons (Fsp3) is 0.167. The second-order valence-corrected chi connectivity index (χ2v) is 4.78. The van der Waals surface area contributed by atoms with Crippen LogP contribution in [0.2, 0.25) is 5.02 Å². The molecule has 3 nitrogen and oxygen atoms in total. The van der Waals surface area contributed by atoms with Crippen LogP contribution in [0.1, 0.15) is 5.56 Å². The molecule has 0 spiro atoms. The number of halogens is 1. The van der Waals surface area contributed by atoms with Crippen molar-refractivity contribution < 1.29 is 0 Å². The van der Waals surface area contributed by atoms with E-state index in [9.17, 15) is 0 Å². The first-order valence-electron chi connectivity index (χ1n) is 5.23. The highest BCUT2D eigenvalue weighted by Gasteiger charge is 2.08. The van der Waals surface area contributed by atoms with Gasteiger partial charge in [-0.15, -0.1) is 0 Å². The summed E-state index contributed by atoms with van der Waals surface area (Å²) in [6, 6.07) is 7.57. The van der Waals surface area contributed by atoms with Crippen LogP contribution in [0, 0.1) is 0 Å². The summed E-state index contributed by atoms with van der Waals surface area (Å²) in [7, 11) is 0. The van der Waals surface area contributed by atoms with Gasteiger partial charge in [0.25, 0.3) is 0 Å². The second-order valence-electron chi connectivity index (χ2n) is 3.40. The molecule has 0 amide bonds. The molecule has 0 aromatic carbocycles. The van der Waals surface area contributed by atoms with Crippen LogP contribution in [-0.4, -0.2) is 16.5 Å². The van der Waals surface area contributed by atoms with Gasteiger partial charge in [-0.2, -0.15) is 0 Å². The maximum Gasteiger partial charge on any atom is 0.121 e. The zero-order valence-electron chi connectivity index (χ0n) is 9.14. The summed E-state index contributed by atoms with van der Waals surface area (Å²) in [5.41, 5.74) is 6.70. The highest BCUT2D eigenvalue weighted by molar-refractivity contribution is 7.99. The van der Waals surface area contributed by atoms with Gasteiger partial charge in [-0.25, -0.2) is 9.97 Å². The van der Waals surface area contributed by atoms with Gasteiger partial charge in [0.15, 0.2) is 0 Å². The second kappa shape index (κ2) is 6.00. The molecule has 2 rings (SSSR count). The largest absolute Gasteiger partial charge is 0.330 e. The minimum Gasteiger partial charge on any atom is -0.330 e. The molecule has 2 aromatic heterocycles. The van der Waals surface area contributed by atoms with Crippen molar-refractivity contribution in [2.24, 2.45) is 5.73 Å². The van der Waals surface area contributed by atoms with E-state index in [1.807, 2.05) is 24.3 Å². The summed E-state index contributed by atoms with van der Waals surface area (Å²) in [6.45, 7) is 0.606. The van der Waals surface area contributed by atoms with Gasteiger partial charge < -0.3 is 5.73 Å². The van der Waals surface area contributed by atoms with Gasteiger partial charge in [-0.1, -0.05) is 17.7 Å². The highest BCUT2D eigenvalue weighted by atomic mass is 35.5. The van der Waals surface area contributed by atoms with Gasteiger partial charge in [-0.3, -0.25) is 0 Å². The van der Waals surface area contributed by atoms with Crippen LogP contribution in [0.25, 0.3) is 0 Å². The van der Waals surface area contributed by atoms with Gasteiger partial charge >= 0.3 is 0 Å². The molecule has 88 valence electrons. The summed E-state index contributed by atoms with van der Waals surface area (Å²) < 4.78 is 0. The van der Waals surface area contributed by atoms with E-state index in [0.717, 1.165) is 22.0 Å². The van der Waals surface area contributed by atoms with Gasteiger partial charge in [0.1, 0.15) is 10.1 Å². The van der Waals surface area contributed by atoms with Gasteiger partial charge in [0.2, 0.25) is 0 Å². The normalized spacial score (nSPS) is 10.5. The van der Waals surface area contributed by atoms with E-state index in [2.05, 4.69) is 9.97 Å². The fourth-order valence-corrected chi connectivity index (χ4v) is 2.51. The van der Waals surface area contributed by atoms with E-state index in [1.54, 1.807) is 12.4 Å². The molecule has 0 saturated heterocycles. The predicted molar refractivity (Wildman–Crippen MR) is 70.4 cm³/mol. The number of hydrogen-bond donors (Lipinski definition) is 1. The lowest BCUT2D eigenvalue weighted by molar-refractivity contribution is 0.910. The van der Waals surface area contributed by atoms with Crippen molar-refractivity contribution in [2.45, 2.75) is 16.5 Å². The lowest BCUT2D eigenvalue weighted by Gasteiger charge is -2.06. The van der Waals surface area contributed by atoms with Gasteiger partial charge in [0, 0.05) is 12.4 Å². The summed E-state index contributed by atoms with van der Waals surface area (Å²) in [5.74, 6) is 0. The molecule has 0 atom stereocenters. The van der Waals surface area contributed by atoms with E-state index in [4.69, 9.17) is 17.3 Å².